The van der Waals surface area contributed by atoms with Gasteiger partial charge in [-0.2, -0.15) is 0 Å². The monoisotopic (exact) mass is 308 g/mol. The van der Waals surface area contributed by atoms with Gasteiger partial charge in [0.2, 0.25) is 0 Å². The first kappa shape index (κ1) is 13.1. The van der Waals surface area contributed by atoms with E-state index in [1.54, 1.807) is 24.3 Å². The lowest BCUT2D eigenvalue weighted by Crippen LogP contribution is -2.10. The zero-order valence-corrected chi connectivity index (χ0v) is 11.5. The first-order valence-corrected chi connectivity index (χ1v) is 6.46. The zero-order valence-electron chi connectivity index (χ0n) is 9.95. The highest BCUT2D eigenvalue weighted by molar-refractivity contribution is 6.35. The number of nitrogens with zero attached hydrogens (tertiary/aromatic N) is 1. The number of hydrogen-bond donors (Lipinski definition) is 1. The first-order valence-electron chi connectivity index (χ1n) is 5.71. The maximum atomic E-state index is 14.1. The van der Waals surface area contributed by atoms with Crippen molar-refractivity contribution in [1.82, 2.24) is 9.97 Å². The molecule has 100 valence electrons. The van der Waals surface area contributed by atoms with Crippen molar-refractivity contribution >= 4 is 34.1 Å². The molecule has 3 rings (SSSR count). The Hall–Kier alpha value is -1.91. The van der Waals surface area contributed by atoms with E-state index in [4.69, 9.17) is 23.2 Å². The van der Waals surface area contributed by atoms with Gasteiger partial charge in [-0.05, 0) is 24.3 Å². The van der Waals surface area contributed by atoms with Crippen molar-refractivity contribution in [2.24, 2.45) is 0 Å². The van der Waals surface area contributed by atoms with Crippen LogP contribution in [0.3, 0.4) is 0 Å². The predicted molar refractivity (Wildman–Crippen MR) is 77.8 cm³/mol. The third-order valence-corrected chi connectivity index (χ3v) is 3.50. The predicted octanol–water partition coefficient (Wildman–Crippen LogP) is 4.04. The van der Waals surface area contributed by atoms with Crippen LogP contribution < -0.4 is 5.56 Å². The molecule has 0 atom stereocenters. The molecule has 3 nitrogen and oxygen atoms in total. The van der Waals surface area contributed by atoms with Crippen LogP contribution in [0.1, 0.15) is 0 Å². The molecule has 2 aromatic carbocycles. The van der Waals surface area contributed by atoms with Crippen LogP contribution in [0.5, 0.6) is 0 Å². The Morgan fingerprint density at radius 1 is 1.05 bits per heavy atom. The van der Waals surface area contributed by atoms with Gasteiger partial charge in [0, 0.05) is 0 Å². The Balaban J connectivity index is 2.36. The average molecular weight is 309 g/mol. The summed E-state index contributed by atoms with van der Waals surface area (Å²) in [6.07, 6.45) is 0. The van der Waals surface area contributed by atoms with Crippen molar-refractivity contribution in [3.63, 3.8) is 0 Å². The molecule has 0 unspecified atom stereocenters. The smallest absolute Gasteiger partial charge is 0.259 e. The molecular formula is C14H7Cl2FN2O. The minimum absolute atomic E-state index is 0.0120. The Morgan fingerprint density at radius 3 is 2.55 bits per heavy atom. The topological polar surface area (TPSA) is 45.8 Å². The normalized spacial score (nSPS) is 10.9. The van der Waals surface area contributed by atoms with Gasteiger partial charge in [0.15, 0.2) is 5.82 Å². The summed E-state index contributed by atoms with van der Waals surface area (Å²) in [5.74, 6) is -0.656. The van der Waals surface area contributed by atoms with Crippen LogP contribution in [0.15, 0.2) is 41.2 Å². The van der Waals surface area contributed by atoms with Gasteiger partial charge in [-0.15, -0.1) is 0 Å². The quantitative estimate of drug-likeness (QED) is 0.690. The van der Waals surface area contributed by atoms with Gasteiger partial charge in [-0.1, -0.05) is 35.3 Å². The number of aromatic amines is 1. The van der Waals surface area contributed by atoms with Gasteiger partial charge in [0.05, 0.1) is 26.5 Å². The molecule has 0 fully saturated rings. The number of aromatic nitrogens is 2. The van der Waals surface area contributed by atoms with Crippen molar-refractivity contribution in [2.45, 2.75) is 0 Å². The van der Waals surface area contributed by atoms with Crippen molar-refractivity contribution in [2.75, 3.05) is 0 Å². The fourth-order valence-corrected chi connectivity index (χ4v) is 2.34. The molecule has 3 aromatic rings. The molecular weight excluding hydrogens is 302 g/mol. The third-order valence-electron chi connectivity index (χ3n) is 2.89. The SMILES string of the molecule is O=c1[nH]c(-c2c(Cl)ccc(Cl)c2F)nc2ccccc12. The highest BCUT2D eigenvalue weighted by atomic mass is 35.5. The average Bonchev–Trinajstić information content (AvgIpc) is 2.44. The summed E-state index contributed by atoms with van der Waals surface area (Å²) in [5, 5.41) is 0.473. The zero-order chi connectivity index (χ0) is 14.3. The Labute approximate surface area is 123 Å². The molecule has 0 saturated carbocycles. The Morgan fingerprint density at radius 2 is 1.75 bits per heavy atom. The van der Waals surface area contributed by atoms with Crippen LogP contribution in [0.2, 0.25) is 10.0 Å². The number of halogens is 3. The highest BCUT2D eigenvalue weighted by Crippen LogP contribution is 2.32. The van der Waals surface area contributed by atoms with E-state index in [9.17, 15) is 9.18 Å². The molecule has 0 spiro atoms. The fourth-order valence-electron chi connectivity index (χ4n) is 1.95. The second-order valence-electron chi connectivity index (χ2n) is 4.15. The summed E-state index contributed by atoms with van der Waals surface area (Å²) in [4.78, 5) is 18.7. The Bertz CT molecular complexity index is 877. The molecule has 0 aliphatic carbocycles. The molecule has 20 heavy (non-hydrogen) atoms. The summed E-state index contributed by atoms with van der Waals surface area (Å²) in [6, 6.07) is 9.59. The van der Waals surface area contributed by atoms with E-state index in [1.165, 1.54) is 12.1 Å². The molecule has 0 radical (unpaired) electrons. The third kappa shape index (κ3) is 2.07. The van der Waals surface area contributed by atoms with E-state index in [0.29, 0.717) is 10.9 Å². The van der Waals surface area contributed by atoms with Crippen molar-refractivity contribution in [3.8, 4) is 11.4 Å². The summed E-state index contributed by atoms with van der Waals surface area (Å²) in [5.41, 5.74) is 0.0877. The molecule has 0 amide bonds. The summed E-state index contributed by atoms with van der Waals surface area (Å²) >= 11 is 11.7. The number of H-pyrrole nitrogens is 1. The van der Waals surface area contributed by atoms with Crippen LogP contribution in [0, 0.1) is 5.82 Å². The van der Waals surface area contributed by atoms with Gasteiger partial charge in [0.25, 0.3) is 5.56 Å². The van der Waals surface area contributed by atoms with E-state index in [-0.39, 0.29) is 27.0 Å². The summed E-state index contributed by atoms with van der Waals surface area (Å²) < 4.78 is 14.1. The molecule has 0 aliphatic heterocycles. The lowest BCUT2D eigenvalue weighted by molar-refractivity contribution is 0.630. The standard InChI is InChI=1S/C14H7Cl2FN2O/c15-8-5-6-9(16)12(17)11(8)13-18-10-4-2-1-3-7(10)14(20)19-13/h1-6H,(H,18,19,20). The summed E-state index contributed by atoms with van der Waals surface area (Å²) in [7, 11) is 0. The first-order chi connectivity index (χ1) is 9.58. The van der Waals surface area contributed by atoms with Gasteiger partial charge in [0.1, 0.15) is 5.82 Å². The molecule has 0 aliphatic rings. The second kappa shape index (κ2) is 4.89. The number of benzene rings is 2. The van der Waals surface area contributed by atoms with Crippen molar-refractivity contribution in [3.05, 3.63) is 62.6 Å². The lowest BCUT2D eigenvalue weighted by Gasteiger charge is -2.07. The van der Waals surface area contributed by atoms with E-state index in [2.05, 4.69) is 9.97 Å². The van der Waals surface area contributed by atoms with E-state index >= 15 is 0 Å². The number of rotatable bonds is 1. The van der Waals surface area contributed by atoms with Gasteiger partial charge in [-0.25, -0.2) is 9.37 Å². The largest absolute Gasteiger partial charge is 0.306 e. The maximum Gasteiger partial charge on any atom is 0.259 e. The van der Waals surface area contributed by atoms with Crippen LogP contribution in [-0.2, 0) is 0 Å². The summed E-state index contributed by atoms with van der Waals surface area (Å²) in [6.45, 7) is 0. The van der Waals surface area contributed by atoms with Crippen molar-refractivity contribution in [1.29, 1.82) is 0 Å². The molecule has 1 N–H and O–H groups in total. The maximum absolute atomic E-state index is 14.1. The van der Waals surface area contributed by atoms with Gasteiger partial charge >= 0.3 is 0 Å². The van der Waals surface area contributed by atoms with Crippen molar-refractivity contribution < 1.29 is 4.39 Å². The minimum Gasteiger partial charge on any atom is -0.306 e. The highest BCUT2D eigenvalue weighted by Gasteiger charge is 2.16. The van der Waals surface area contributed by atoms with Crippen LogP contribution in [0.4, 0.5) is 4.39 Å². The van der Waals surface area contributed by atoms with Gasteiger partial charge in [-0.3, -0.25) is 4.79 Å². The fraction of sp³-hybridized carbons (Fsp3) is 0. The van der Waals surface area contributed by atoms with Crippen LogP contribution in [-0.4, -0.2) is 9.97 Å². The second-order valence-corrected chi connectivity index (χ2v) is 4.96. The molecule has 6 heteroatoms. The number of fused-ring (bicyclic) bond motifs is 1. The van der Waals surface area contributed by atoms with E-state index in [0.717, 1.165) is 0 Å². The van der Waals surface area contributed by atoms with E-state index < -0.39 is 5.82 Å². The number of nitrogens with one attached hydrogen (secondary N) is 1. The molecule has 0 saturated heterocycles. The number of hydrogen-bond acceptors (Lipinski definition) is 2. The number of para-hydroxylation sites is 1. The Kier molecular flexibility index (Phi) is 3.20. The molecule has 1 heterocycles. The van der Waals surface area contributed by atoms with Crippen LogP contribution >= 0.6 is 23.2 Å². The van der Waals surface area contributed by atoms with Crippen LogP contribution in [0.25, 0.3) is 22.3 Å². The van der Waals surface area contributed by atoms with E-state index in [1.807, 2.05) is 0 Å². The van der Waals surface area contributed by atoms with Gasteiger partial charge < -0.3 is 4.98 Å². The lowest BCUT2D eigenvalue weighted by atomic mass is 10.1. The molecule has 0 bridgehead atoms. The molecule has 1 aromatic heterocycles. The minimum atomic E-state index is -0.711.